The molecule has 2 aromatic rings. The van der Waals surface area contributed by atoms with Crippen molar-refractivity contribution in [3.05, 3.63) is 35.5 Å². The predicted molar refractivity (Wildman–Crippen MR) is 70.0 cm³/mol. The zero-order valence-corrected chi connectivity index (χ0v) is 11.4. The second-order valence-electron chi connectivity index (χ2n) is 4.86. The van der Waals surface area contributed by atoms with Crippen molar-refractivity contribution in [2.24, 2.45) is 0 Å². The molecule has 3 heterocycles. The summed E-state index contributed by atoms with van der Waals surface area (Å²) in [5, 5.41) is 16.1. The summed E-state index contributed by atoms with van der Waals surface area (Å²) in [4.78, 5) is 24.7. The second-order valence-corrected chi connectivity index (χ2v) is 4.86. The van der Waals surface area contributed by atoms with E-state index in [9.17, 15) is 9.59 Å². The molecule has 2 aromatic heterocycles. The molecule has 21 heavy (non-hydrogen) atoms. The van der Waals surface area contributed by atoms with Crippen molar-refractivity contribution in [1.82, 2.24) is 19.9 Å². The van der Waals surface area contributed by atoms with Gasteiger partial charge in [0.25, 0.3) is 5.91 Å². The van der Waals surface area contributed by atoms with Gasteiger partial charge in [-0.05, 0) is 6.07 Å². The SMILES string of the molecule is CCc1occc1C(=O)N1CC(n2cc(C(=O)O)nn2)C1. The first-order valence-corrected chi connectivity index (χ1v) is 6.61. The fourth-order valence-corrected chi connectivity index (χ4v) is 2.32. The lowest BCUT2D eigenvalue weighted by Crippen LogP contribution is -2.51. The summed E-state index contributed by atoms with van der Waals surface area (Å²) in [5.41, 5.74) is 0.489. The number of aryl methyl sites for hydroxylation is 1. The molecular weight excluding hydrogens is 276 g/mol. The Balaban J connectivity index is 1.65. The Hall–Kier alpha value is -2.64. The third kappa shape index (κ3) is 2.28. The molecule has 0 bridgehead atoms. The van der Waals surface area contributed by atoms with Gasteiger partial charge in [0.05, 0.1) is 24.1 Å². The van der Waals surface area contributed by atoms with E-state index in [4.69, 9.17) is 9.52 Å². The molecule has 110 valence electrons. The van der Waals surface area contributed by atoms with Gasteiger partial charge in [-0.1, -0.05) is 12.1 Å². The average Bonchev–Trinajstić information content (AvgIpc) is 3.05. The number of carboxylic acid groups (broad SMARTS) is 1. The Morgan fingerprint density at radius 1 is 1.48 bits per heavy atom. The van der Waals surface area contributed by atoms with E-state index >= 15 is 0 Å². The van der Waals surface area contributed by atoms with E-state index in [0.29, 0.717) is 30.8 Å². The van der Waals surface area contributed by atoms with Gasteiger partial charge >= 0.3 is 5.97 Å². The van der Waals surface area contributed by atoms with Crippen LogP contribution in [0.2, 0.25) is 0 Å². The van der Waals surface area contributed by atoms with Gasteiger partial charge in [-0.15, -0.1) is 5.10 Å². The summed E-state index contributed by atoms with van der Waals surface area (Å²) in [6, 6.07) is 1.64. The number of furan rings is 1. The summed E-state index contributed by atoms with van der Waals surface area (Å²) in [7, 11) is 0. The third-order valence-electron chi connectivity index (χ3n) is 3.55. The molecule has 0 unspecified atom stereocenters. The maximum atomic E-state index is 12.3. The molecule has 3 rings (SSSR count). The maximum Gasteiger partial charge on any atom is 0.358 e. The van der Waals surface area contributed by atoms with Gasteiger partial charge in [0, 0.05) is 19.5 Å². The first-order chi connectivity index (χ1) is 10.1. The molecule has 0 atom stereocenters. The Bertz CT molecular complexity index is 684. The van der Waals surface area contributed by atoms with E-state index in [1.54, 1.807) is 11.0 Å². The van der Waals surface area contributed by atoms with E-state index in [1.165, 1.54) is 17.1 Å². The highest BCUT2D eigenvalue weighted by Crippen LogP contribution is 2.24. The van der Waals surface area contributed by atoms with Crippen LogP contribution >= 0.6 is 0 Å². The molecule has 8 heteroatoms. The first-order valence-electron chi connectivity index (χ1n) is 6.61. The van der Waals surface area contributed by atoms with Crippen LogP contribution in [-0.2, 0) is 6.42 Å². The molecule has 1 aliphatic rings. The summed E-state index contributed by atoms with van der Waals surface area (Å²) in [6.07, 6.45) is 3.56. The van der Waals surface area contributed by atoms with Crippen LogP contribution in [0.3, 0.4) is 0 Å². The Morgan fingerprint density at radius 2 is 2.24 bits per heavy atom. The number of aromatic nitrogens is 3. The molecular formula is C13H14N4O4. The molecule has 0 saturated carbocycles. The van der Waals surface area contributed by atoms with Gasteiger partial charge in [0.15, 0.2) is 5.69 Å². The molecule has 0 aromatic carbocycles. The number of likely N-dealkylation sites (tertiary alicyclic amines) is 1. The van der Waals surface area contributed by atoms with E-state index < -0.39 is 5.97 Å². The van der Waals surface area contributed by atoms with E-state index in [0.717, 1.165) is 0 Å². The van der Waals surface area contributed by atoms with Crippen LogP contribution in [0.1, 0.15) is 39.6 Å². The molecule has 1 aliphatic heterocycles. The Morgan fingerprint density at radius 3 is 2.86 bits per heavy atom. The number of carbonyl (C=O) groups excluding carboxylic acids is 1. The first kappa shape index (κ1) is 13.3. The van der Waals surface area contributed by atoms with Gasteiger partial charge in [0.1, 0.15) is 5.76 Å². The van der Waals surface area contributed by atoms with E-state index in [-0.39, 0.29) is 17.6 Å². The van der Waals surface area contributed by atoms with Crippen LogP contribution < -0.4 is 0 Å². The Kier molecular flexibility index (Phi) is 3.20. The second kappa shape index (κ2) is 5.04. The van der Waals surface area contributed by atoms with E-state index in [2.05, 4.69) is 10.3 Å². The minimum atomic E-state index is -1.11. The number of amides is 1. The number of aromatic carboxylic acids is 1. The summed E-state index contributed by atoms with van der Waals surface area (Å²) in [5.74, 6) is -0.507. The van der Waals surface area contributed by atoms with Crippen LogP contribution in [0.5, 0.6) is 0 Å². The monoisotopic (exact) mass is 290 g/mol. The zero-order chi connectivity index (χ0) is 15.0. The maximum absolute atomic E-state index is 12.3. The number of carbonyl (C=O) groups is 2. The normalized spacial score (nSPS) is 15.0. The standard InChI is InChI=1S/C13H14N4O4/c1-2-11-9(3-4-21-11)12(18)16-5-8(6-16)17-7-10(13(19)20)14-15-17/h3-4,7-8H,2,5-6H2,1H3,(H,19,20). The number of hydrogen-bond donors (Lipinski definition) is 1. The predicted octanol–water partition coefficient (Wildman–Crippen LogP) is 0.829. The quantitative estimate of drug-likeness (QED) is 0.894. The summed E-state index contributed by atoms with van der Waals surface area (Å²) in [6.45, 7) is 2.89. The molecule has 0 radical (unpaired) electrons. The van der Waals surface area contributed by atoms with Crippen molar-refractivity contribution in [2.45, 2.75) is 19.4 Å². The minimum absolute atomic E-state index is 0.0356. The lowest BCUT2D eigenvalue weighted by Gasteiger charge is -2.38. The molecule has 1 saturated heterocycles. The van der Waals surface area contributed by atoms with Crippen molar-refractivity contribution in [1.29, 1.82) is 0 Å². The lowest BCUT2D eigenvalue weighted by atomic mass is 10.1. The fraction of sp³-hybridized carbons (Fsp3) is 0.385. The van der Waals surface area contributed by atoms with Gasteiger partial charge in [-0.3, -0.25) is 4.79 Å². The van der Waals surface area contributed by atoms with Crippen molar-refractivity contribution in [3.63, 3.8) is 0 Å². The van der Waals surface area contributed by atoms with E-state index in [1.807, 2.05) is 6.92 Å². The topological polar surface area (TPSA) is 101 Å². The van der Waals surface area contributed by atoms with Crippen LogP contribution in [0.25, 0.3) is 0 Å². The van der Waals surface area contributed by atoms with Gasteiger partial charge in [-0.2, -0.15) is 0 Å². The van der Waals surface area contributed by atoms with Crippen molar-refractivity contribution in [3.8, 4) is 0 Å². The molecule has 0 aliphatic carbocycles. The lowest BCUT2D eigenvalue weighted by molar-refractivity contribution is 0.0495. The number of rotatable bonds is 4. The smallest absolute Gasteiger partial charge is 0.358 e. The minimum Gasteiger partial charge on any atom is -0.476 e. The summed E-state index contributed by atoms with van der Waals surface area (Å²) < 4.78 is 6.74. The highest BCUT2D eigenvalue weighted by atomic mass is 16.4. The van der Waals surface area contributed by atoms with Crippen LogP contribution in [0, 0.1) is 0 Å². The van der Waals surface area contributed by atoms with Gasteiger partial charge in [0.2, 0.25) is 0 Å². The molecule has 8 nitrogen and oxygen atoms in total. The number of carboxylic acids is 1. The average molecular weight is 290 g/mol. The molecule has 1 amide bonds. The van der Waals surface area contributed by atoms with Crippen LogP contribution in [0.4, 0.5) is 0 Å². The number of hydrogen-bond acceptors (Lipinski definition) is 5. The fourth-order valence-electron chi connectivity index (χ4n) is 2.32. The van der Waals surface area contributed by atoms with Gasteiger partial charge < -0.3 is 14.4 Å². The zero-order valence-electron chi connectivity index (χ0n) is 11.4. The highest BCUT2D eigenvalue weighted by molar-refractivity contribution is 5.95. The molecule has 1 fully saturated rings. The van der Waals surface area contributed by atoms with Crippen LogP contribution in [0.15, 0.2) is 22.9 Å². The summed E-state index contributed by atoms with van der Waals surface area (Å²) >= 11 is 0. The Labute approximate surface area is 120 Å². The highest BCUT2D eigenvalue weighted by Gasteiger charge is 2.34. The largest absolute Gasteiger partial charge is 0.476 e. The van der Waals surface area contributed by atoms with Crippen molar-refractivity contribution >= 4 is 11.9 Å². The number of nitrogens with zero attached hydrogens (tertiary/aromatic N) is 4. The molecule has 1 N–H and O–H groups in total. The van der Waals surface area contributed by atoms with Crippen molar-refractivity contribution in [2.75, 3.05) is 13.1 Å². The van der Waals surface area contributed by atoms with Gasteiger partial charge in [-0.25, -0.2) is 9.48 Å². The van der Waals surface area contributed by atoms with Crippen LogP contribution in [-0.4, -0.2) is 50.0 Å². The van der Waals surface area contributed by atoms with Crippen molar-refractivity contribution < 1.29 is 19.1 Å². The third-order valence-corrected chi connectivity index (χ3v) is 3.55. The molecule has 0 spiro atoms.